The van der Waals surface area contributed by atoms with Crippen LogP contribution in [0, 0.1) is 5.92 Å². The molecular formula is C24H31F3N4O. The summed E-state index contributed by atoms with van der Waals surface area (Å²) >= 11 is 0. The molecule has 2 fully saturated rings. The fourth-order valence-electron chi connectivity index (χ4n) is 4.58. The molecule has 8 heteroatoms. The second kappa shape index (κ2) is 9.25. The van der Waals surface area contributed by atoms with Crippen LogP contribution in [0.25, 0.3) is 11.6 Å². The molecule has 32 heavy (non-hydrogen) atoms. The number of aromatic nitrogens is 1. The lowest BCUT2D eigenvalue weighted by Crippen LogP contribution is -2.46. The summed E-state index contributed by atoms with van der Waals surface area (Å²) in [4.78, 5) is 20.8. The molecule has 0 bridgehead atoms. The number of carbonyl (C=O) groups is 1. The molecule has 174 valence electrons. The first-order valence-corrected chi connectivity index (χ1v) is 11.4. The van der Waals surface area contributed by atoms with Gasteiger partial charge < -0.3 is 15.1 Å². The number of allylic oxidation sites excluding steroid dienone is 1. The highest BCUT2D eigenvalue weighted by molar-refractivity contribution is 5.81. The number of halogens is 3. The number of pyridine rings is 1. The summed E-state index contributed by atoms with van der Waals surface area (Å²) in [6.45, 7) is 6.43. The Hall–Kier alpha value is -2.35. The Balaban J connectivity index is 1.63. The van der Waals surface area contributed by atoms with Gasteiger partial charge in [0, 0.05) is 36.3 Å². The molecule has 2 aliphatic heterocycles. The van der Waals surface area contributed by atoms with Crippen LogP contribution in [0.4, 0.5) is 18.9 Å². The van der Waals surface area contributed by atoms with E-state index in [1.807, 2.05) is 0 Å². The summed E-state index contributed by atoms with van der Waals surface area (Å²) in [6, 6.07) is 1.89. The quantitative estimate of drug-likeness (QED) is 0.714. The number of carbonyl (C=O) groups excluding carboxylic acids is 1. The second-order valence-corrected chi connectivity index (χ2v) is 9.12. The van der Waals surface area contributed by atoms with Crippen LogP contribution in [0.3, 0.4) is 0 Å². The van der Waals surface area contributed by atoms with E-state index in [4.69, 9.17) is 0 Å². The molecule has 4 rings (SSSR count). The average molecular weight is 449 g/mol. The predicted molar refractivity (Wildman–Crippen MR) is 120 cm³/mol. The zero-order valence-corrected chi connectivity index (χ0v) is 18.5. The van der Waals surface area contributed by atoms with Gasteiger partial charge >= 0.3 is 6.18 Å². The lowest BCUT2D eigenvalue weighted by atomic mass is 9.94. The van der Waals surface area contributed by atoms with Gasteiger partial charge in [-0.05, 0) is 70.8 Å². The summed E-state index contributed by atoms with van der Waals surface area (Å²) < 4.78 is 40.3. The summed E-state index contributed by atoms with van der Waals surface area (Å²) in [7, 11) is 2.10. The molecule has 1 N–H and O–H groups in total. The Labute approximate surface area is 187 Å². The van der Waals surface area contributed by atoms with Crippen molar-refractivity contribution in [3.05, 3.63) is 35.7 Å². The van der Waals surface area contributed by atoms with E-state index in [-0.39, 0.29) is 17.5 Å². The number of nitrogens with one attached hydrogen (secondary N) is 1. The topological polar surface area (TPSA) is 48.5 Å². The maximum absolute atomic E-state index is 13.4. The lowest BCUT2D eigenvalue weighted by molar-refractivity contribution is -0.122. The Morgan fingerprint density at radius 1 is 1.25 bits per heavy atom. The predicted octanol–water partition coefficient (Wildman–Crippen LogP) is 4.04. The maximum Gasteiger partial charge on any atom is 0.417 e. The van der Waals surface area contributed by atoms with Crippen LogP contribution in [0.15, 0.2) is 18.7 Å². The number of piperidine rings is 1. The van der Waals surface area contributed by atoms with Crippen LogP contribution >= 0.6 is 0 Å². The number of likely N-dealkylation sites (tertiary alicyclic amines) is 1. The molecule has 1 aromatic heterocycles. The van der Waals surface area contributed by atoms with E-state index in [9.17, 15) is 18.0 Å². The van der Waals surface area contributed by atoms with Gasteiger partial charge in [0.1, 0.15) is 0 Å². The van der Waals surface area contributed by atoms with Crippen LogP contribution < -0.4 is 10.2 Å². The number of hydrogen-bond donors (Lipinski definition) is 1. The van der Waals surface area contributed by atoms with Crippen molar-refractivity contribution in [2.75, 3.05) is 38.1 Å². The lowest BCUT2D eigenvalue weighted by Gasteiger charge is -2.42. The molecule has 0 spiro atoms. The van der Waals surface area contributed by atoms with Crippen LogP contribution in [0.5, 0.6) is 0 Å². The monoisotopic (exact) mass is 448 g/mol. The van der Waals surface area contributed by atoms with E-state index in [2.05, 4.69) is 33.7 Å². The standard InChI is InChI=1S/C24H31F3N4O/c1-16(24(25,26)27)21-15-22-19(5-4-12-31(22)18-9-13-30(2)14-10-18)20(29-21)6-3-11-28-23(32)17-7-8-17/h3,6,15,17-18H,1,4-5,7-14H2,2H3,(H,28,32)/b6-3+. The third kappa shape index (κ3) is 5.17. The number of fused-ring (bicyclic) bond motifs is 1. The Bertz CT molecular complexity index is 899. The van der Waals surface area contributed by atoms with E-state index in [0.29, 0.717) is 18.3 Å². The second-order valence-electron chi connectivity index (χ2n) is 9.12. The first-order chi connectivity index (χ1) is 15.2. The Kier molecular flexibility index (Phi) is 6.60. The molecule has 0 radical (unpaired) electrons. The SMILES string of the molecule is C=C(c1cc2c(c(/C=C/CNC(=O)C3CC3)n1)CCCN2C1CCN(C)CC1)C(F)(F)F. The number of alkyl halides is 3. The van der Waals surface area contributed by atoms with Gasteiger partial charge in [0.15, 0.2) is 0 Å². The molecule has 0 atom stereocenters. The minimum absolute atomic E-state index is 0.0391. The normalized spacial score (nSPS) is 20.4. The highest BCUT2D eigenvalue weighted by Gasteiger charge is 2.36. The molecule has 1 aliphatic carbocycles. The molecule has 3 aliphatic rings. The Morgan fingerprint density at radius 3 is 2.62 bits per heavy atom. The summed E-state index contributed by atoms with van der Waals surface area (Å²) in [5.74, 6) is 0.160. The van der Waals surface area contributed by atoms with E-state index < -0.39 is 11.7 Å². The van der Waals surface area contributed by atoms with Gasteiger partial charge in [-0.3, -0.25) is 4.79 Å². The van der Waals surface area contributed by atoms with Gasteiger partial charge in [-0.2, -0.15) is 13.2 Å². The third-order valence-corrected chi connectivity index (χ3v) is 6.67. The molecule has 1 aromatic rings. The summed E-state index contributed by atoms with van der Waals surface area (Å²) in [5.41, 5.74) is 1.33. The highest BCUT2D eigenvalue weighted by Crippen LogP contribution is 2.38. The first-order valence-electron chi connectivity index (χ1n) is 11.4. The molecule has 5 nitrogen and oxygen atoms in total. The summed E-state index contributed by atoms with van der Waals surface area (Å²) in [5, 5.41) is 2.86. The van der Waals surface area contributed by atoms with Crippen molar-refractivity contribution in [2.24, 2.45) is 5.92 Å². The fourth-order valence-corrected chi connectivity index (χ4v) is 4.58. The third-order valence-electron chi connectivity index (χ3n) is 6.67. The van der Waals surface area contributed by atoms with Gasteiger partial charge in [-0.15, -0.1) is 0 Å². The molecular weight excluding hydrogens is 417 g/mol. The summed E-state index contributed by atoms with van der Waals surface area (Å²) in [6.07, 6.45) is 4.55. The van der Waals surface area contributed by atoms with Crippen molar-refractivity contribution in [2.45, 2.75) is 50.7 Å². The van der Waals surface area contributed by atoms with Gasteiger partial charge in [0.25, 0.3) is 0 Å². The molecule has 3 heterocycles. The smallest absolute Gasteiger partial charge is 0.368 e. The molecule has 0 aromatic carbocycles. The van der Waals surface area contributed by atoms with E-state index in [0.717, 1.165) is 69.4 Å². The van der Waals surface area contributed by atoms with Crippen LogP contribution in [0.2, 0.25) is 0 Å². The minimum atomic E-state index is -4.53. The fraction of sp³-hybridized carbons (Fsp3) is 0.583. The van der Waals surface area contributed by atoms with Crippen LogP contribution in [-0.2, 0) is 11.2 Å². The number of hydrogen-bond acceptors (Lipinski definition) is 4. The zero-order chi connectivity index (χ0) is 22.9. The zero-order valence-electron chi connectivity index (χ0n) is 18.5. The van der Waals surface area contributed by atoms with Crippen LogP contribution in [-0.4, -0.2) is 61.2 Å². The minimum Gasteiger partial charge on any atom is -0.368 e. The number of anilines is 1. The first kappa shape index (κ1) is 22.8. The molecule has 0 unspecified atom stereocenters. The molecule has 1 saturated carbocycles. The van der Waals surface area contributed by atoms with Gasteiger partial charge in [0.05, 0.1) is 17.0 Å². The van der Waals surface area contributed by atoms with Crippen molar-refractivity contribution >= 4 is 23.2 Å². The number of rotatable bonds is 6. The average Bonchev–Trinajstić information content (AvgIpc) is 3.61. The van der Waals surface area contributed by atoms with E-state index in [1.165, 1.54) is 0 Å². The molecule has 1 saturated heterocycles. The number of nitrogens with zero attached hydrogens (tertiary/aromatic N) is 3. The highest BCUT2D eigenvalue weighted by atomic mass is 19.4. The van der Waals surface area contributed by atoms with Gasteiger partial charge in [0.2, 0.25) is 5.91 Å². The van der Waals surface area contributed by atoms with Crippen LogP contribution in [0.1, 0.15) is 49.1 Å². The van der Waals surface area contributed by atoms with E-state index in [1.54, 1.807) is 18.2 Å². The van der Waals surface area contributed by atoms with Gasteiger partial charge in [-0.25, -0.2) is 4.98 Å². The largest absolute Gasteiger partial charge is 0.417 e. The Morgan fingerprint density at radius 2 is 1.97 bits per heavy atom. The van der Waals surface area contributed by atoms with Crippen molar-refractivity contribution in [3.8, 4) is 0 Å². The number of amides is 1. The van der Waals surface area contributed by atoms with Crippen molar-refractivity contribution in [1.82, 2.24) is 15.2 Å². The molecule has 1 amide bonds. The van der Waals surface area contributed by atoms with Crippen molar-refractivity contribution in [3.63, 3.8) is 0 Å². The maximum atomic E-state index is 13.4. The van der Waals surface area contributed by atoms with Crippen molar-refractivity contribution < 1.29 is 18.0 Å². The van der Waals surface area contributed by atoms with Crippen molar-refractivity contribution in [1.29, 1.82) is 0 Å². The van der Waals surface area contributed by atoms with E-state index >= 15 is 0 Å². The van der Waals surface area contributed by atoms with Gasteiger partial charge in [-0.1, -0.05) is 12.7 Å².